The van der Waals surface area contributed by atoms with Gasteiger partial charge < -0.3 is 15.1 Å². The van der Waals surface area contributed by atoms with E-state index in [1.54, 1.807) is 6.26 Å². The molecule has 0 bridgehead atoms. The summed E-state index contributed by atoms with van der Waals surface area (Å²) in [6.45, 7) is 3.18. The lowest BCUT2D eigenvalue weighted by molar-refractivity contribution is 0.387. The normalized spacial score (nSPS) is 24.2. The maximum atomic E-state index is 5.27. The van der Waals surface area contributed by atoms with E-state index in [0.717, 1.165) is 31.8 Å². The molecule has 1 aromatic heterocycles. The minimum absolute atomic E-state index is 0.532. The third-order valence-electron chi connectivity index (χ3n) is 2.15. The molecule has 2 heterocycles. The Kier molecular flexibility index (Phi) is 2.44. The summed E-state index contributed by atoms with van der Waals surface area (Å²) < 4.78 is 5.27. The van der Waals surface area contributed by atoms with E-state index >= 15 is 0 Å². The first-order valence-corrected chi connectivity index (χ1v) is 4.41. The summed E-state index contributed by atoms with van der Waals surface area (Å²) in [6, 6.07) is 4.49. The zero-order chi connectivity index (χ0) is 8.23. The number of piperazine rings is 1. The van der Waals surface area contributed by atoms with Gasteiger partial charge in [-0.2, -0.15) is 0 Å². The van der Waals surface area contributed by atoms with Crippen LogP contribution in [0.2, 0.25) is 0 Å². The molecule has 12 heavy (non-hydrogen) atoms. The lowest BCUT2D eigenvalue weighted by Crippen LogP contribution is -2.49. The van der Waals surface area contributed by atoms with Gasteiger partial charge in [-0.05, 0) is 12.1 Å². The first-order chi connectivity index (χ1) is 5.95. The van der Waals surface area contributed by atoms with E-state index in [0.29, 0.717) is 6.04 Å². The smallest absolute Gasteiger partial charge is 0.105 e. The fraction of sp³-hybridized carbons (Fsp3) is 0.556. The molecule has 1 fully saturated rings. The van der Waals surface area contributed by atoms with Crippen LogP contribution in [0.15, 0.2) is 22.8 Å². The predicted molar refractivity (Wildman–Crippen MR) is 47.1 cm³/mol. The van der Waals surface area contributed by atoms with E-state index < -0.39 is 0 Å². The van der Waals surface area contributed by atoms with Gasteiger partial charge in [-0.3, -0.25) is 0 Å². The van der Waals surface area contributed by atoms with Gasteiger partial charge in [0, 0.05) is 32.1 Å². The first-order valence-electron chi connectivity index (χ1n) is 4.41. The molecule has 0 saturated carbocycles. The molecule has 1 aliphatic rings. The minimum atomic E-state index is 0.532. The summed E-state index contributed by atoms with van der Waals surface area (Å²) in [5.41, 5.74) is 0. The van der Waals surface area contributed by atoms with Gasteiger partial charge in [-0.1, -0.05) is 0 Å². The summed E-state index contributed by atoms with van der Waals surface area (Å²) in [4.78, 5) is 0. The van der Waals surface area contributed by atoms with E-state index in [1.165, 1.54) is 0 Å². The molecule has 0 unspecified atom stereocenters. The molecule has 1 saturated heterocycles. The summed E-state index contributed by atoms with van der Waals surface area (Å²) in [6.07, 6.45) is 2.71. The second kappa shape index (κ2) is 3.74. The van der Waals surface area contributed by atoms with Crippen molar-refractivity contribution in [1.82, 2.24) is 10.6 Å². The van der Waals surface area contributed by atoms with Gasteiger partial charge >= 0.3 is 0 Å². The van der Waals surface area contributed by atoms with Crippen LogP contribution < -0.4 is 10.6 Å². The number of hydrogen-bond acceptors (Lipinski definition) is 3. The van der Waals surface area contributed by atoms with Crippen molar-refractivity contribution in [2.24, 2.45) is 0 Å². The Hall–Kier alpha value is -0.800. The Morgan fingerprint density at radius 3 is 3.17 bits per heavy atom. The van der Waals surface area contributed by atoms with Crippen LogP contribution in [0.4, 0.5) is 0 Å². The quantitative estimate of drug-likeness (QED) is 0.667. The van der Waals surface area contributed by atoms with Gasteiger partial charge in [0.05, 0.1) is 6.26 Å². The molecule has 2 rings (SSSR count). The summed E-state index contributed by atoms with van der Waals surface area (Å²) in [5.74, 6) is 1.07. The fourth-order valence-corrected chi connectivity index (χ4v) is 1.53. The Morgan fingerprint density at radius 2 is 2.50 bits per heavy atom. The third kappa shape index (κ3) is 1.87. The van der Waals surface area contributed by atoms with Crippen LogP contribution in [0.1, 0.15) is 5.76 Å². The first kappa shape index (κ1) is 7.83. The highest BCUT2D eigenvalue weighted by Gasteiger charge is 2.13. The molecular formula is C9H14N2O. The van der Waals surface area contributed by atoms with Crippen molar-refractivity contribution in [3.05, 3.63) is 24.2 Å². The maximum absolute atomic E-state index is 5.27. The molecule has 2 N–H and O–H groups in total. The Labute approximate surface area is 72.1 Å². The van der Waals surface area contributed by atoms with Crippen LogP contribution in [-0.4, -0.2) is 25.7 Å². The minimum Gasteiger partial charge on any atom is -0.469 e. The lowest BCUT2D eigenvalue weighted by atomic mass is 10.1. The summed E-state index contributed by atoms with van der Waals surface area (Å²) in [7, 11) is 0. The van der Waals surface area contributed by atoms with Crippen LogP contribution in [0.3, 0.4) is 0 Å². The number of furan rings is 1. The highest BCUT2D eigenvalue weighted by molar-refractivity contribution is 5.01. The Balaban J connectivity index is 1.86. The van der Waals surface area contributed by atoms with Gasteiger partial charge in [0.15, 0.2) is 0 Å². The summed E-state index contributed by atoms with van der Waals surface area (Å²) >= 11 is 0. The van der Waals surface area contributed by atoms with Gasteiger partial charge in [0.25, 0.3) is 0 Å². The Morgan fingerprint density at radius 1 is 1.50 bits per heavy atom. The molecular weight excluding hydrogens is 152 g/mol. The van der Waals surface area contributed by atoms with E-state index in [9.17, 15) is 0 Å². The van der Waals surface area contributed by atoms with Crippen molar-refractivity contribution < 1.29 is 4.42 Å². The van der Waals surface area contributed by atoms with Crippen molar-refractivity contribution in [2.75, 3.05) is 19.6 Å². The van der Waals surface area contributed by atoms with Crippen LogP contribution in [0, 0.1) is 0 Å². The van der Waals surface area contributed by atoms with Gasteiger partial charge in [0.1, 0.15) is 5.76 Å². The molecule has 0 spiro atoms. The molecule has 0 radical (unpaired) electrons. The lowest BCUT2D eigenvalue weighted by Gasteiger charge is -2.23. The Bertz CT molecular complexity index is 214. The largest absolute Gasteiger partial charge is 0.469 e. The van der Waals surface area contributed by atoms with E-state index in [4.69, 9.17) is 4.42 Å². The average molecular weight is 166 g/mol. The standard InChI is InChI=1S/C9H14N2O/c1-2-9(12-5-1)6-8-7-10-3-4-11-8/h1-2,5,8,10-11H,3-4,6-7H2/t8-/m0/s1. The molecule has 0 aliphatic carbocycles. The fourth-order valence-electron chi connectivity index (χ4n) is 1.53. The summed E-state index contributed by atoms with van der Waals surface area (Å²) in [5, 5.41) is 6.78. The van der Waals surface area contributed by atoms with Crippen LogP contribution in [0.25, 0.3) is 0 Å². The van der Waals surface area contributed by atoms with Gasteiger partial charge in [0.2, 0.25) is 0 Å². The highest BCUT2D eigenvalue weighted by Crippen LogP contribution is 2.04. The van der Waals surface area contributed by atoms with Crippen LogP contribution in [0.5, 0.6) is 0 Å². The molecule has 66 valence electrons. The van der Waals surface area contributed by atoms with E-state index in [2.05, 4.69) is 10.6 Å². The van der Waals surface area contributed by atoms with Crippen molar-refractivity contribution >= 4 is 0 Å². The van der Waals surface area contributed by atoms with E-state index in [1.807, 2.05) is 12.1 Å². The SMILES string of the molecule is c1coc(C[C@H]2CNCCN2)c1. The second-order valence-corrected chi connectivity index (χ2v) is 3.14. The topological polar surface area (TPSA) is 37.2 Å². The van der Waals surface area contributed by atoms with Crippen LogP contribution in [-0.2, 0) is 6.42 Å². The molecule has 3 nitrogen and oxygen atoms in total. The van der Waals surface area contributed by atoms with Gasteiger partial charge in [-0.25, -0.2) is 0 Å². The molecule has 1 aliphatic heterocycles. The van der Waals surface area contributed by atoms with E-state index in [-0.39, 0.29) is 0 Å². The third-order valence-corrected chi connectivity index (χ3v) is 2.15. The second-order valence-electron chi connectivity index (χ2n) is 3.14. The zero-order valence-electron chi connectivity index (χ0n) is 7.05. The molecule has 1 atom stereocenters. The zero-order valence-corrected chi connectivity index (χ0v) is 7.05. The molecule has 0 amide bonds. The van der Waals surface area contributed by atoms with Gasteiger partial charge in [-0.15, -0.1) is 0 Å². The predicted octanol–water partition coefficient (Wildman–Crippen LogP) is 0.383. The molecule has 1 aromatic rings. The van der Waals surface area contributed by atoms with Crippen molar-refractivity contribution in [3.8, 4) is 0 Å². The molecule has 3 heteroatoms. The number of hydrogen-bond donors (Lipinski definition) is 2. The average Bonchev–Trinajstić information content (AvgIpc) is 2.59. The number of rotatable bonds is 2. The van der Waals surface area contributed by atoms with Crippen molar-refractivity contribution in [3.63, 3.8) is 0 Å². The van der Waals surface area contributed by atoms with Crippen LogP contribution >= 0.6 is 0 Å². The maximum Gasteiger partial charge on any atom is 0.105 e. The highest BCUT2D eigenvalue weighted by atomic mass is 16.3. The monoisotopic (exact) mass is 166 g/mol. The molecule has 0 aromatic carbocycles. The van der Waals surface area contributed by atoms with Crippen molar-refractivity contribution in [1.29, 1.82) is 0 Å². The number of nitrogens with one attached hydrogen (secondary N) is 2. The van der Waals surface area contributed by atoms with Crippen molar-refractivity contribution in [2.45, 2.75) is 12.5 Å².